The van der Waals surface area contributed by atoms with Crippen LogP contribution in [0.5, 0.6) is 0 Å². The molecule has 1 unspecified atom stereocenters. The predicted molar refractivity (Wildman–Crippen MR) is 75.1 cm³/mol. The molecule has 1 aliphatic heterocycles. The molecule has 1 N–H and O–H groups in total. The highest BCUT2D eigenvalue weighted by Gasteiger charge is 2.16. The molecule has 0 radical (unpaired) electrons. The molecule has 0 aliphatic carbocycles. The molecule has 4 nitrogen and oxygen atoms in total. The zero-order valence-electron chi connectivity index (χ0n) is 10.4. The molecular formula is C12H17BrN2O2S. The summed E-state index contributed by atoms with van der Waals surface area (Å²) in [6.45, 7) is 1.35. The number of nitrogens with one attached hydrogen (secondary N) is 1. The van der Waals surface area contributed by atoms with Gasteiger partial charge in [-0.25, -0.2) is 4.98 Å². The van der Waals surface area contributed by atoms with Gasteiger partial charge in [0.15, 0.2) is 0 Å². The van der Waals surface area contributed by atoms with Crippen LogP contribution in [-0.4, -0.2) is 29.8 Å². The zero-order chi connectivity index (χ0) is 13.0. The third-order valence-corrected chi connectivity index (χ3v) is 4.38. The van der Waals surface area contributed by atoms with Gasteiger partial charge in [-0.05, 0) is 35.2 Å². The van der Waals surface area contributed by atoms with Crippen molar-refractivity contribution in [1.29, 1.82) is 0 Å². The molecule has 1 aromatic rings. The third kappa shape index (κ3) is 3.60. The van der Waals surface area contributed by atoms with Gasteiger partial charge in [0, 0.05) is 20.1 Å². The number of H-pyrrole nitrogens is 1. The zero-order valence-corrected chi connectivity index (χ0v) is 12.8. The van der Waals surface area contributed by atoms with Gasteiger partial charge in [0.05, 0.1) is 22.9 Å². The highest BCUT2D eigenvalue weighted by molar-refractivity contribution is 9.10. The van der Waals surface area contributed by atoms with Crippen LogP contribution >= 0.6 is 28.1 Å². The lowest BCUT2D eigenvalue weighted by Gasteiger charge is -2.22. The minimum Gasteiger partial charge on any atom is -0.378 e. The molecule has 0 bridgehead atoms. The Bertz CT molecular complexity index is 458. The van der Waals surface area contributed by atoms with E-state index in [-0.39, 0.29) is 6.10 Å². The summed E-state index contributed by atoms with van der Waals surface area (Å²) in [5.41, 5.74) is 0.934. The minimum atomic E-state index is 0.258. The lowest BCUT2D eigenvalue weighted by atomic mass is 10.1. The lowest BCUT2D eigenvalue weighted by molar-refractivity contribution is 0.0155. The largest absolute Gasteiger partial charge is 0.378 e. The lowest BCUT2D eigenvalue weighted by Crippen LogP contribution is -2.22. The number of halogens is 1. The van der Waals surface area contributed by atoms with E-state index in [0.29, 0.717) is 11.2 Å². The second kappa shape index (κ2) is 6.75. The van der Waals surface area contributed by atoms with E-state index in [0.717, 1.165) is 41.9 Å². The monoisotopic (exact) mass is 332 g/mol. The van der Waals surface area contributed by atoms with E-state index in [1.807, 2.05) is 0 Å². The fourth-order valence-electron chi connectivity index (χ4n) is 2.08. The molecule has 0 aromatic carbocycles. The molecule has 18 heavy (non-hydrogen) atoms. The summed E-state index contributed by atoms with van der Waals surface area (Å²) in [7, 11) is 1.66. The van der Waals surface area contributed by atoms with E-state index in [9.17, 15) is 0 Å². The second-order valence-corrected chi connectivity index (χ2v) is 5.59. The summed E-state index contributed by atoms with van der Waals surface area (Å²) in [5.74, 6) is 0.877. The fraction of sp³-hybridized carbons (Fsp3) is 0.667. The molecule has 1 aromatic heterocycles. The Labute approximate surface area is 120 Å². The van der Waals surface area contributed by atoms with Crippen molar-refractivity contribution < 1.29 is 9.47 Å². The number of methoxy groups -OCH3 is 1. The number of hydrogen-bond donors (Lipinski definition) is 1. The van der Waals surface area contributed by atoms with Crippen LogP contribution in [-0.2, 0) is 22.5 Å². The van der Waals surface area contributed by atoms with Crippen LogP contribution in [0.1, 0.15) is 30.8 Å². The SMILES string of the molecule is COCc1[nH]c(CC2CCCCO2)nc(=S)c1Br. The van der Waals surface area contributed by atoms with Crippen molar-refractivity contribution in [2.45, 2.75) is 38.4 Å². The van der Waals surface area contributed by atoms with Crippen molar-refractivity contribution in [2.75, 3.05) is 13.7 Å². The van der Waals surface area contributed by atoms with E-state index in [1.54, 1.807) is 7.11 Å². The molecule has 6 heteroatoms. The molecule has 2 heterocycles. The summed E-state index contributed by atoms with van der Waals surface area (Å²) in [6.07, 6.45) is 4.53. The van der Waals surface area contributed by atoms with Gasteiger partial charge in [-0.3, -0.25) is 0 Å². The number of rotatable bonds is 4. The molecule has 0 spiro atoms. The van der Waals surface area contributed by atoms with Crippen molar-refractivity contribution in [1.82, 2.24) is 9.97 Å². The van der Waals surface area contributed by atoms with Crippen molar-refractivity contribution >= 4 is 28.1 Å². The van der Waals surface area contributed by atoms with Crippen LogP contribution in [0.2, 0.25) is 0 Å². The Morgan fingerprint density at radius 1 is 1.56 bits per heavy atom. The summed E-state index contributed by atoms with van der Waals surface area (Å²) in [5, 5.41) is 0. The van der Waals surface area contributed by atoms with Crippen LogP contribution in [0, 0.1) is 4.64 Å². The van der Waals surface area contributed by atoms with E-state index in [2.05, 4.69) is 25.9 Å². The van der Waals surface area contributed by atoms with Crippen molar-refractivity contribution in [3.8, 4) is 0 Å². The molecule has 0 amide bonds. The molecule has 0 saturated carbocycles. The van der Waals surface area contributed by atoms with Crippen LogP contribution < -0.4 is 0 Å². The highest BCUT2D eigenvalue weighted by atomic mass is 79.9. The summed E-state index contributed by atoms with van der Waals surface area (Å²) >= 11 is 8.67. The topological polar surface area (TPSA) is 47.1 Å². The molecule has 1 fully saturated rings. The molecule has 1 saturated heterocycles. The predicted octanol–water partition coefficient (Wildman–Crippen LogP) is 3.16. The van der Waals surface area contributed by atoms with Gasteiger partial charge in [-0.15, -0.1) is 0 Å². The number of aromatic nitrogens is 2. The smallest absolute Gasteiger partial charge is 0.144 e. The van der Waals surface area contributed by atoms with Gasteiger partial charge in [-0.2, -0.15) is 0 Å². The van der Waals surface area contributed by atoms with Crippen LogP contribution in [0.15, 0.2) is 4.47 Å². The summed E-state index contributed by atoms with van der Waals surface area (Å²) in [6, 6.07) is 0. The van der Waals surface area contributed by atoms with Gasteiger partial charge in [0.25, 0.3) is 0 Å². The van der Waals surface area contributed by atoms with Crippen molar-refractivity contribution in [2.24, 2.45) is 0 Å². The average Bonchev–Trinajstić information content (AvgIpc) is 2.37. The number of hydrogen-bond acceptors (Lipinski definition) is 4. The maximum Gasteiger partial charge on any atom is 0.144 e. The Morgan fingerprint density at radius 3 is 3.06 bits per heavy atom. The molecular weight excluding hydrogens is 316 g/mol. The average molecular weight is 333 g/mol. The van der Waals surface area contributed by atoms with Crippen LogP contribution in [0.4, 0.5) is 0 Å². The minimum absolute atomic E-state index is 0.258. The fourth-order valence-corrected chi connectivity index (χ4v) is 2.62. The number of nitrogens with zero attached hydrogens (tertiary/aromatic N) is 1. The van der Waals surface area contributed by atoms with Gasteiger partial charge >= 0.3 is 0 Å². The van der Waals surface area contributed by atoms with Crippen LogP contribution in [0.3, 0.4) is 0 Å². The Hall–Kier alpha value is -0.300. The van der Waals surface area contributed by atoms with Crippen molar-refractivity contribution in [3.05, 3.63) is 20.6 Å². The third-order valence-electron chi connectivity index (χ3n) is 2.97. The summed E-state index contributed by atoms with van der Waals surface area (Å²) < 4.78 is 12.2. The Morgan fingerprint density at radius 2 is 2.39 bits per heavy atom. The Balaban J connectivity index is 2.14. The molecule has 1 atom stereocenters. The maximum absolute atomic E-state index is 5.71. The second-order valence-electron chi connectivity index (χ2n) is 4.41. The van der Waals surface area contributed by atoms with E-state index < -0.39 is 0 Å². The van der Waals surface area contributed by atoms with E-state index >= 15 is 0 Å². The van der Waals surface area contributed by atoms with Crippen molar-refractivity contribution in [3.63, 3.8) is 0 Å². The van der Waals surface area contributed by atoms with Gasteiger partial charge in [-0.1, -0.05) is 12.2 Å². The summed E-state index contributed by atoms with van der Waals surface area (Å²) in [4.78, 5) is 7.66. The first-order valence-corrected chi connectivity index (χ1v) is 7.29. The quantitative estimate of drug-likeness (QED) is 0.860. The van der Waals surface area contributed by atoms with Gasteiger partial charge in [0.2, 0.25) is 0 Å². The first-order valence-electron chi connectivity index (χ1n) is 6.09. The normalized spacial score (nSPS) is 20.0. The standard InChI is InChI=1S/C12H17BrN2O2S/c1-16-7-9-11(13)12(18)15-10(14-9)6-8-4-2-3-5-17-8/h8H,2-7H2,1H3,(H,14,15,18). The highest BCUT2D eigenvalue weighted by Crippen LogP contribution is 2.19. The molecule has 1 aliphatic rings. The maximum atomic E-state index is 5.71. The molecule has 100 valence electrons. The van der Waals surface area contributed by atoms with Gasteiger partial charge in [0.1, 0.15) is 10.5 Å². The van der Waals surface area contributed by atoms with E-state index in [1.165, 1.54) is 6.42 Å². The number of aromatic amines is 1. The van der Waals surface area contributed by atoms with Gasteiger partial charge < -0.3 is 14.5 Å². The van der Waals surface area contributed by atoms with E-state index in [4.69, 9.17) is 21.7 Å². The first-order chi connectivity index (χ1) is 8.70. The molecule has 2 rings (SSSR count). The Kier molecular flexibility index (Phi) is 5.29. The van der Waals surface area contributed by atoms with Crippen LogP contribution in [0.25, 0.3) is 0 Å². The first kappa shape index (κ1) is 14.1. The number of ether oxygens (including phenoxy) is 2.